The fourth-order valence-electron chi connectivity index (χ4n) is 1.98. The smallest absolute Gasteiger partial charge is 0.108 e. The van der Waals surface area contributed by atoms with Crippen molar-refractivity contribution < 1.29 is 9.50 Å². The van der Waals surface area contributed by atoms with E-state index in [2.05, 4.69) is 5.32 Å². The summed E-state index contributed by atoms with van der Waals surface area (Å²) >= 11 is 1.62. The number of hydrogen-bond donors (Lipinski definition) is 2. The van der Waals surface area contributed by atoms with Crippen LogP contribution in [0.3, 0.4) is 0 Å². The molecule has 1 aromatic carbocycles. The van der Waals surface area contributed by atoms with Gasteiger partial charge >= 0.3 is 0 Å². The van der Waals surface area contributed by atoms with E-state index >= 15 is 0 Å². The van der Waals surface area contributed by atoms with Crippen LogP contribution in [-0.2, 0) is 5.60 Å². The molecule has 2 aromatic rings. The normalized spacial score (nSPS) is 16.9. The lowest BCUT2D eigenvalue weighted by Crippen LogP contribution is -2.46. The molecular weight excluding hydrogens is 237 g/mol. The van der Waals surface area contributed by atoms with Crippen LogP contribution in [-0.4, -0.2) is 24.9 Å². The van der Waals surface area contributed by atoms with Crippen molar-refractivity contribution in [3.63, 3.8) is 0 Å². The molecule has 17 heavy (non-hydrogen) atoms. The summed E-state index contributed by atoms with van der Waals surface area (Å²) < 4.78 is 14.0. The lowest BCUT2D eigenvalue weighted by molar-refractivity contribution is 0.00930. The Morgan fingerprint density at radius 2 is 2.24 bits per heavy atom. The first-order chi connectivity index (χ1) is 8.09. The van der Waals surface area contributed by atoms with Gasteiger partial charge in [-0.1, -0.05) is 12.1 Å². The molecule has 0 aliphatic rings. The molecule has 2 nitrogen and oxygen atoms in total. The van der Waals surface area contributed by atoms with E-state index in [0.717, 1.165) is 15.6 Å². The Kier molecular flexibility index (Phi) is 3.47. The zero-order chi connectivity index (χ0) is 12.5. The maximum absolute atomic E-state index is 12.9. The largest absolute Gasteiger partial charge is 0.384 e. The molecule has 1 heterocycles. The van der Waals surface area contributed by atoms with Gasteiger partial charge in [-0.25, -0.2) is 4.39 Å². The van der Waals surface area contributed by atoms with Gasteiger partial charge in [0.25, 0.3) is 0 Å². The quantitative estimate of drug-likeness (QED) is 0.878. The standard InChI is InChI=1S/C13H16FNOS/c1-13(16,12(8-14)15-2)10-4-3-9-5-6-17-11(9)7-10/h3-7,12,15-16H,8H2,1-2H3. The van der Waals surface area contributed by atoms with Gasteiger partial charge in [0.1, 0.15) is 12.3 Å². The molecule has 1 aromatic heterocycles. The molecule has 2 atom stereocenters. The predicted octanol–water partition coefficient (Wildman–Crippen LogP) is 2.67. The highest BCUT2D eigenvalue weighted by Gasteiger charge is 2.32. The third kappa shape index (κ3) is 2.20. The molecular formula is C13H16FNOS. The molecule has 0 saturated carbocycles. The highest BCUT2D eigenvalue weighted by Crippen LogP contribution is 2.30. The number of rotatable bonds is 4. The number of fused-ring (bicyclic) bond motifs is 1. The number of hydrogen-bond acceptors (Lipinski definition) is 3. The van der Waals surface area contributed by atoms with Crippen LogP contribution >= 0.6 is 11.3 Å². The highest BCUT2D eigenvalue weighted by atomic mass is 32.1. The molecule has 0 aliphatic carbocycles. The van der Waals surface area contributed by atoms with Gasteiger partial charge in [0.15, 0.2) is 0 Å². The van der Waals surface area contributed by atoms with Crippen LogP contribution in [0.1, 0.15) is 12.5 Å². The molecule has 0 aliphatic heterocycles. The van der Waals surface area contributed by atoms with E-state index in [0.29, 0.717) is 0 Å². The summed E-state index contributed by atoms with van der Waals surface area (Å²) in [6.45, 7) is 1.04. The summed E-state index contributed by atoms with van der Waals surface area (Å²) in [6.07, 6.45) is 0. The Labute approximate surface area is 104 Å². The Morgan fingerprint density at radius 3 is 2.88 bits per heavy atom. The number of nitrogens with one attached hydrogen (secondary N) is 1. The second-order valence-electron chi connectivity index (χ2n) is 4.32. The van der Waals surface area contributed by atoms with Crippen molar-refractivity contribution in [1.82, 2.24) is 5.32 Å². The monoisotopic (exact) mass is 253 g/mol. The van der Waals surface area contributed by atoms with Crippen molar-refractivity contribution in [3.05, 3.63) is 35.2 Å². The third-order valence-corrected chi connectivity index (χ3v) is 4.10. The molecule has 0 bridgehead atoms. The van der Waals surface area contributed by atoms with Crippen LogP contribution in [0, 0.1) is 0 Å². The molecule has 2 unspecified atom stereocenters. The number of alkyl halides is 1. The minimum atomic E-state index is -1.21. The van der Waals surface area contributed by atoms with E-state index in [1.54, 1.807) is 25.3 Å². The first kappa shape index (κ1) is 12.5. The maximum atomic E-state index is 12.9. The minimum absolute atomic E-state index is 0.597. The zero-order valence-electron chi connectivity index (χ0n) is 9.90. The lowest BCUT2D eigenvalue weighted by atomic mass is 9.88. The van der Waals surface area contributed by atoms with Crippen molar-refractivity contribution in [1.29, 1.82) is 0 Å². The van der Waals surface area contributed by atoms with Crippen LogP contribution < -0.4 is 5.32 Å². The fraction of sp³-hybridized carbons (Fsp3) is 0.385. The number of likely N-dealkylation sites (N-methyl/N-ethyl adjacent to an activating group) is 1. The van der Waals surface area contributed by atoms with Gasteiger partial charge in [0.05, 0.1) is 6.04 Å². The summed E-state index contributed by atoms with van der Waals surface area (Å²) in [6, 6.07) is 7.18. The van der Waals surface area contributed by atoms with Gasteiger partial charge in [0.2, 0.25) is 0 Å². The molecule has 2 rings (SSSR count). The first-order valence-corrected chi connectivity index (χ1v) is 6.41. The maximum Gasteiger partial charge on any atom is 0.108 e. The Bertz CT molecular complexity index is 505. The van der Waals surface area contributed by atoms with Crippen molar-refractivity contribution in [2.75, 3.05) is 13.7 Å². The third-order valence-electron chi connectivity index (χ3n) is 3.22. The van der Waals surface area contributed by atoms with Crippen molar-refractivity contribution in [2.24, 2.45) is 0 Å². The molecule has 0 spiro atoms. The minimum Gasteiger partial charge on any atom is -0.384 e. The topological polar surface area (TPSA) is 32.3 Å². The summed E-state index contributed by atoms with van der Waals surface area (Å²) in [4.78, 5) is 0. The van der Waals surface area contributed by atoms with E-state index in [1.165, 1.54) is 0 Å². The Morgan fingerprint density at radius 1 is 1.47 bits per heavy atom. The molecule has 4 heteroatoms. The van der Waals surface area contributed by atoms with Crippen LogP contribution in [0.4, 0.5) is 4.39 Å². The van der Waals surface area contributed by atoms with E-state index in [1.807, 2.05) is 29.6 Å². The average Bonchev–Trinajstić information content (AvgIpc) is 2.77. The number of aliphatic hydroxyl groups is 1. The molecule has 0 radical (unpaired) electrons. The number of benzene rings is 1. The summed E-state index contributed by atoms with van der Waals surface area (Å²) in [5.74, 6) is 0. The summed E-state index contributed by atoms with van der Waals surface area (Å²) in [5.41, 5.74) is -0.466. The Hall–Kier alpha value is -0.970. The number of thiophene rings is 1. The molecule has 0 amide bonds. The highest BCUT2D eigenvalue weighted by molar-refractivity contribution is 7.17. The van der Waals surface area contributed by atoms with E-state index in [9.17, 15) is 9.50 Å². The van der Waals surface area contributed by atoms with Gasteiger partial charge in [-0.3, -0.25) is 0 Å². The summed E-state index contributed by atoms with van der Waals surface area (Å²) in [7, 11) is 1.66. The predicted molar refractivity (Wildman–Crippen MR) is 70.2 cm³/mol. The molecule has 0 saturated heterocycles. The van der Waals surface area contributed by atoms with Crippen molar-refractivity contribution in [3.8, 4) is 0 Å². The van der Waals surface area contributed by atoms with Gasteiger partial charge in [-0.15, -0.1) is 11.3 Å². The van der Waals surface area contributed by atoms with Crippen LogP contribution in [0.25, 0.3) is 10.1 Å². The van der Waals surface area contributed by atoms with E-state index < -0.39 is 18.3 Å². The number of halogens is 1. The van der Waals surface area contributed by atoms with Crippen LogP contribution in [0.5, 0.6) is 0 Å². The first-order valence-electron chi connectivity index (χ1n) is 5.53. The van der Waals surface area contributed by atoms with Crippen molar-refractivity contribution in [2.45, 2.75) is 18.6 Å². The van der Waals surface area contributed by atoms with Crippen LogP contribution in [0.2, 0.25) is 0 Å². The Balaban J connectivity index is 2.43. The summed E-state index contributed by atoms with van der Waals surface area (Å²) in [5, 5.41) is 16.4. The van der Waals surface area contributed by atoms with Gasteiger partial charge in [-0.2, -0.15) is 0 Å². The van der Waals surface area contributed by atoms with Crippen LogP contribution in [0.15, 0.2) is 29.6 Å². The van der Waals surface area contributed by atoms with E-state index in [4.69, 9.17) is 0 Å². The van der Waals surface area contributed by atoms with Gasteiger partial charge in [0, 0.05) is 4.70 Å². The molecule has 2 N–H and O–H groups in total. The second kappa shape index (κ2) is 4.72. The molecule has 92 valence electrons. The van der Waals surface area contributed by atoms with Gasteiger partial charge in [-0.05, 0) is 42.4 Å². The lowest BCUT2D eigenvalue weighted by Gasteiger charge is -2.31. The van der Waals surface area contributed by atoms with E-state index in [-0.39, 0.29) is 0 Å². The zero-order valence-corrected chi connectivity index (χ0v) is 10.7. The fourth-order valence-corrected chi connectivity index (χ4v) is 2.81. The second-order valence-corrected chi connectivity index (χ2v) is 5.26. The van der Waals surface area contributed by atoms with Gasteiger partial charge < -0.3 is 10.4 Å². The van der Waals surface area contributed by atoms with Crippen molar-refractivity contribution >= 4 is 21.4 Å². The molecule has 0 fully saturated rings. The SMILES string of the molecule is CNC(CF)C(C)(O)c1ccc2ccsc2c1. The average molecular weight is 253 g/mol.